The second-order valence-electron chi connectivity index (χ2n) is 7.17. The number of guanidine groups is 1. The van der Waals surface area contributed by atoms with Crippen molar-refractivity contribution in [3.8, 4) is 0 Å². The minimum atomic E-state index is -3.27. The number of nitrogens with zero attached hydrogens (tertiary/aromatic N) is 1. The highest BCUT2D eigenvalue weighted by molar-refractivity contribution is 7.88. The first-order valence-corrected chi connectivity index (χ1v) is 10.8. The Labute approximate surface area is 150 Å². The number of thiophene rings is 1. The zero-order chi connectivity index (χ0) is 18.4. The standard InChI is InChI=1S/C16H30N4O2S2/c1-7-17-14(19-12-16(4,5)20-24(6,21)22)18-11-15(2,3)13-9-8-10-23-13/h8-10,20H,7,11-12H2,1-6H3,(H2,17,18,19). The quantitative estimate of drug-likeness (QED) is 0.479. The molecule has 138 valence electrons. The molecule has 8 heteroatoms. The molecule has 24 heavy (non-hydrogen) atoms. The van der Waals surface area contributed by atoms with Crippen molar-refractivity contribution < 1.29 is 8.42 Å². The van der Waals surface area contributed by atoms with Crippen LogP contribution < -0.4 is 15.4 Å². The van der Waals surface area contributed by atoms with E-state index in [9.17, 15) is 8.42 Å². The Morgan fingerprint density at radius 1 is 1.25 bits per heavy atom. The number of aliphatic imine (C=N–C) groups is 1. The predicted octanol–water partition coefficient (Wildman–Crippen LogP) is 1.91. The zero-order valence-electron chi connectivity index (χ0n) is 15.4. The van der Waals surface area contributed by atoms with Crippen LogP contribution in [0.15, 0.2) is 22.5 Å². The molecule has 6 nitrogen and oxygen atoms in total. The van der Waals surface area contributed by atoms with Crippen molar-refractivity contribution in [1.29, 1.82) is 0 Å². The molecule has 1 rings (SSSR count). The van der Waals surface area contributed by atoms with Crippen LogP contribution in [0, 0.1) is 0 Å². The lowest BCUT2D eigenvalue weighted by atomic mass is 9.91. The topological polar surface area (TPSA) is 82.6 Å². The molecule has 0 radical (unpaired) electrons. The van der Waals surface area contributed by atoms with E-state index in [0.29, 0.717) is 12.5 Å². The van der Waals surface area contributed by atoms with Gasteiger partial charge >= 0.3 is 0 Å². The maximum absolute atomic E-state index is 11.4. The van der Waals surface area contributed by atoms with Crippen LogP contribution in [0.4, 0.5) is 0 Å². The first-order valence-electron chi connectivity index (χ1n) is 8.00. The van der Waals surface area contributed by atoms with Crippen LogP contribution in [0.2, 0.25) is 0 Å². The van der Waals surface area contributed by atoms with Crippen LogP contribution >= 0.6 is 11.3 Å². The van der Waals surface area contributed by atoms with Crippen LogP contribution in [0.25, 0.3) is 0 Å². The molecule has 0 aliphatic rings. The van der Waals surface area contributed by atoms with Gasteiger partial charge < -0.3 is 10.6 Å². The van der Waals surface area contributed by atoms with E-state index in [4.69, 9.17) is 0 Å². The van der Waals surface area contributed by atoms with Crippen LogP contribution in [0.1, 0.15) is 39.5 Å². The smallest absolute Gasteiger partial charge is 0.209 e. The first-order chi connectivity index (χ1) is 11.0. The molecular weight excluding hydrogens is 344 g/mol. The molecule has 0 saturated heterocycles. The SMILES string of the molecule is CCNC(=NCC(C)(C)NS(C)(=O)=O)NCC(C)(C)c1cccs1. The van der Waals surface area contributed by atoms with E-state index in [1.54, 1.807) is 11.3 Å². The zero-order valence-corrected chi connectivity index (χ0v) is 17.1. The van der Waals surface area contributed by atoms with Gasteiger partial charge in [0.2, 0.25) is 10.0 Å². The molecule has 0 aliphatic heterocycles. The van der Waals surface area contributed by atoms with Crippen molar-refractivity contribution in [3.05, 3.63) is 22.4 Å². The van der Waals surface area contributed by atoms with Gasteiger partial charge in [-0.3, -0.25) is 4.99 Å². The summed E-state index contributed by atoms with van der Waals surface area (Å²) in [5.41, 5.74) is -0.649. The van der Waals surface area contributed by atoms with E-state index in [1.165, 1.54) is 4.88 Å². The minimum absolute atomic E-state index is 0.00904. The Morgan fingerprint density at radius 3 is 2.42 bits per heavy atom. The lowest BCUT2D eigenvalue weighted by Crippen LogP contribution is -2.47. The largest absolute Gasteiger partial charge is 0.357 e. The van der Waals surface area contributed by atoms with Crippen molar-refractivity contribution in [2.45, 2.75) is 45.6 Å². The van der Waals surface area contributed by atoms with Gasteiger partial charge in [-0.15, -0.1) is 11.3 Å². The van der Waals surface area contributed by atoms with Crippen LogP contribution in [-0.2, 0) is 15.4 Å². The van der Waals surface area contributed by atoms with Gasteiger partial charge in [0.05, 0.1) is 12.8 Å². The normalized spacial score (nSPS) is 13.8. The van der Waals surface area contributed by atoms with Crippen molar-refractivity contribution in [3.63, 3.8) is 0 Å². The summed E-state index contributed by atoms with van der Waals surface area (Å²) in [5, 5.41) is 8.63. The molecule has 3 N–H and O–H groups in total. The fourth-order valence-corrected chi connectivity index (χ4v) is 4.13. The number of nitrogens with one attached hydrogen (secondary N) is 3. The first kappa shape index (κ1) is 20.9. The van der Waals surface area contributed by atoms with E-state index in [1.807, 2.05) is 20.8 Å². The number of rotatable bonds is 8. The minimum Gasteiger partial charge on any atom is -0.357 e. The molecule has 0 aromatic carbocycles. The summed E-state index contributed by atoms with van der Waals surface area (Å²) in [5.74, 6) is 0.686. The molecule has 0 saturated carbocycles. The van der Waals surface area contributed by atoms with Gasteiger partial charge in [0.25, 0.3) is 0 Å². The third-order valence-corrected chi connectivity index (χ3v) is 5.48. The molecule has 0 aliphatic carbocycles. The fourth-order valence-electron chi connectivity index (χ4n) is 2.21. The molecule has 0 fully saturated rings. The Hall–Kier alpha value is -1.12. The Balaban J connectivity index is 2.72. The molecule has 0 bridgehead atoms. The Bertz CT molecular complexity index is 635. The summed E-state index contributed by atoms with van der Waals surface area (Å²) in [6.45, 7) is 11.8. The highest BCUT2D eigenvalue weighted by Gasteiger charge is 2.24. The summed E-state index contributed by atoms with van der Waals surface area (Å²) in [6.07, 6.45) is 1.16. The molecule has 0 spiro atoms. The van der Waals surface area contributed by atoms with E-state index >= 15 is 0 Å². The van der Waals surface area contributed by atoms with Crippen LogP contribution in [0.5, 0.6) is 0 Å². The summed E-state index contributed by atoms with van der Waals surface area (Å²) < 4.78 is 25.4. The van der Waals surface area contributed by atoms with Crippen molar-refractivity contribution in [2.75, 3.05) is 25.9 Å². The van der Waals surface area contributed by atoms with Crippen LogP contribution in [-0.4, -0.2) is 45.8 Å². The van der Waals surface area contributed by atoms with Crippen LogP contribution in [0.3, 0.4) is 0 Å². The van der Waals surface area contributed by atoms with Crippen molar-refractivity contribution in [1.82, 2.24) is 15.4 Å². The summed E-state index contributed by atoms with van der Waals surface area (Å²) in [7, 11) is -3.27. The highest BCUT2D eigenvalue weighted by atomic mass is 32.2. The fraction of sp³-hybridized carbons (Fsp3) is 0.688. The molecule has 0 amide bonds. The third-order valence-electron chi connectivity index (χ3n) is 3.32. The molecule has 1 aromatic rings. The van der Waals surface area contributed by atoms with Gasteiger partial charge in [-0.05, 0) is 32.2 Å². The summed E-state index contributed by atoms with van der Waals surface area (Å²) in [6, 6.07) is 4.19. The van der Waals surface area contributed by atoms with Gasteiger partial charge in [-0.1, -0.05) is 19.9 Å². The van der Waals surface area contributed by atoms with Gasteiger partial charge in [-0.25, -0.2) is 13.1 Å². The molecule has 1 aromatic heterocycles. The van der Waals surface area contributed by atoms with Crippen molar-refractivity contribution >= 4 is 27.3 Å². The average molecular weight is 375 g/mol. The second-order valence-corrected chi connectivity index (χ2v) is 9.86. The maximum Gasteiger partial charge on any atom is 0.209 e. The van der Waals surface area contributed by atoms with Gasteiger partial charge in [0.1, 0.15) is 0 Å². The Morgan fingerprint density at radius 2 is 1.92 bits per heavy atom. The molecule has 1 heterocycles. The van der Waals surface area contributed by atoms with E-state index < -0.39 is 15.6 Å². The monoisotopic (exact) mass is 374 g/mol. The molecule has 0 atom stereocenters. The lowest BCUT2D eigenvalue weighted by Gasteiger charge is -2.26. The van der Waals surface area contributed by atoms with E-state index in [2.05, 4.69) is 51.7 Å². The third kappa shape index (κ3) is 7.63. The number of hydrogen-bond acceptors (Lipinski definition) is 4. The molecular formula is C16H30N4O2S2. The van der Waals surface area contributed by atoms with Gasteiger partial charge in [-0.2, -0.15) is 0 Å². The van der Waals surface area contributed by atoms with E-state index in [0.717, 1.165) is 19.3 Å². The maximum atomic E-state index is 11.4. The highest BCUT2D eigenvalue weighted by Crippen LogP contribution is 2.26. The lowest BCUT2D eigenvalue weighted by molar-refractivity contribution is 0.463. The number of hydrogen-bond donors (Lipinski definition) is 3. The second kappa shape index (κ2) is 8.31. The van der Waals surface area contributed by atoms with Gasteiger partial charge in [0, 0.05) is 28.9 Å². The molecule has 0 unspecified atom stereocenters. The van der Waals surface area contributed by atoms with Crippen molar-refractivity contribution in [2.24, 2.45) is 4.99 Å². The Kier molecular flexibility index (Phi) is 7.25. The summed E-state index contributed by atoms with van der Waals surface area (Å²) in [4.78, 5) is 5.83. The predicted molar refractivity (Wildman–Crippen MR) is 103 cm³/mol. The number of sulfonamides is 1. The van der Waals surface area contributed by atoms with E-state index in [-0.39, 0.29) is 5.41 Å². The van der Waals surface area contributed by atoms with Gasteiger partial charge in [0.15, 0.2) is 5.96 Å². The summed E-state index contributed by atoms with van der Waals surface area (Å²) >= 11 is 1.74. The average Bonchev–Trinajstić information content (AvgIpc) is 2.94.